The monoisotopic (exact) mass is 462 g/mol. The van der Waals surface area contributed by atoms with Gasteiger partial charge in [0.05, 0.1) is 0 Å². The lowest BCUT2D eigenvalue weighted by Crippen LogP contribution is -2.50. The van der Waals surface area contributed by atoms with Crippen molar-refractivity contribution in [3.05, 3.63) is 71.8 Å². The highest BCUT2D eigenvalue weighted by molar-refractivity contribution is 5.39. The zero-order chi connectivity index (χ0) is 24.5. The molecule has 0 radical (unpaired) electrons. The highest BCUT2D eigenvalue weighted by Crippen LogP contribution is 2.56. The number of hydrogen-bond acceptors (Lipinski definition) is 0. The van der Waals surface area contributed by atoms with Crippen molar-refractivity contribution in [2.75, 3.05) is 0 Å². The van der Waals surface area contributed by atoms with Crippen molar-refractivity contribution in [3.63, 3.8) is 0 Å². The molecule has 34 heavy (non-hydrogen) atoms. The first kappa shape index (κ1) is 28.7. The van der Waals surface area contributed by atoms with E-state index in [1.807, 2.05) is 0 Å². The van der Waals surface area contributed by atoms with Crippen LogP contribution in [0.1, 0.15) is 142 Å². The van der Waals surface area contributed by atoms with E-state index in [0.717, 1.165) is 0 Å². The minimum atomic E-state index is 0.210. The van der Waals surface area contributed by atoms with E-state index < -0.39 is 0 Å². The molecule has 0 aliphatic rings. The van der Waals surface area contributed by atoms with Crippen LogP contribution in [0.5, 0.6) is 0 Å². The van der Waals surface area contributed by atoms with Crippen molar-refractivity contribution in [2.45, 2.75) is 141 Å². The fraction of sp³-hybridized carbons (Fsp3) is 0.647. The highest BCUT2D eigenvalue weighted by atomic mass is 14.5. The van der Waals surface area contributed by atoms with Crippen molar-refractivity contribution in [3.8, 4) is 0 Å². The lowest BCUT2D eigenvalue weighted by molar-refractivity contribution is 0.137. The van der Waals surface area contributed by atoms with Gasteiger partial charge in [-0.05, 0) is 36.8 Å². The summed E-state index contributed by atoms with van der Waals surface area (Å²) in [6.45, 7) is 9.42. The third-order valence-electron chi connectivity index (χ3n) is 8.40. The molecule has 0 heterocycles. The number of hydrogen-bond donors (Lipinski definition) is 0. The Morgan fingerprint density at radius 2 is 0.647 bits per heavy atom. The van der Waals surface area contributed by atoms with Crippen molar-refractivity contribution in [1.82, 2.24) is 0 Å². The van der Waals surface area contributed by atoms with Crippen LogP contribution in [0.15, 0.2) is 60.7 Å². The Morgan fingerprint density at radius 3 is 0.882 bits per heavy atom. The molecule has 0 N–H and O–H groups in total. The minimum absolute atomic E-state index is 0.210. The summed E-state index contributed by atoms with van der Waals surface area (Å²) >= 11 is 0. The standard InChI is InChI=1S/C34H54/c1-5-9-19-27-33(28-20-10-6-2,31-23-15-13-16-24-31)34(29-21-11-7-3,30-22-12-8-4)32-25-17-14-18-26-32/h13-18,23-26H,5-12,19-22,27-30H2,1-4H3. The number of rotatable bonds is 19. The van der Waals surface area contributed by atoms with Crippen LogP contribution in [0.25, 0.3) is 0 Å². The van der Waals surface area contributed by atoms with Gasteiger partial charge in [0.1, 0.15) is 0 Å². The molecule has 0 aliphatic heterocycles. The van der Waals surface area contributed by atoms with Gasteiger partial charge in [-0.25, -0.2) is 0 Å². The van der Waals surface area contributed by atoms with Gasteiger partial charge < -0.3 is 0 Å². The molecular formula is C34H54. The van der Waals surface area contributed by atoms with Gasteiger partial charge in [-0.15, -0.1) is 0 Å². The van der Waals surface area contributed by atoms with Gasteiger partial charge >= 0.3 is 0 Å². The van der Waals surface area contributed by atoms with Crippen LogP contribution in [0, 0.1) is 0 Å². The fourth-order valence-electron chi connectivity index (χ4n) is 6.56. The molecule has 0 nitrogen and oxygen atoms in total. The molecule has 0 amide bonds. The molecule has 0 aromatic heterocycles. The average Bonchev–Trinajstić information content (AvgIpc) is 2.88. The summed E-state index contributed by atoms with van der Waals surface area (Å²) in [5.74, 6) is 0. The molecule has 0 fully saturated rings. The molecule has 0 bridgehead atoms. The number of benzene rings is 2. The van der Waals surface area contributed by atoms with Crippen molar-refractivity contribution < 1.29 is 0 Å². The van der Waals surface area contributed by atoms with Crippen LogP contribution < -0.4 is 0 Å². The predicted molar refractivity (Wildman–Crippen MR) is 153 cm³/mol. The second-order valence-electron chi connectivity index (χ2n) is 10.7. The second kappa shape index (κ2) is 16.2. The predicted octanol–water partition coefficient (Wildman–Crippen LogP) is 11.2. The molecule has 2 aromatic rings. The van der Waals surface area contributed by atoms with E-state index in [9.17, 15) is 0 Å². The molecule has 0 unspecified atom stereocenters. The molecule has 190 valence electrons. The molecule has 2 rings (SSSR count). The first-order valence-corrected chi connectivity index (χ1v) is 14.8. The van der Waals surface area contributed by atoms with Crippen molar-refractivity contribution >= 4 is 0 Å². The SMILES string of the molecule is CCCCCC(CCCCC)(c1ccccc1)C(CCCCC)(CCCCC)c1ccccc1. The lowest BCUT2D eigenvalue weighted by atomic mass is 9.50. The first-order valence-electron chi connectivity index (χ1n) is 14.8. The van der Waals surface area contributed by atoms with Gasteiger partial charge in [-0.2, -0.15) is 0 Å². The Kier molecular flexibility index (Phi) is 13.6. The molecule has 2 aromatic carbocycles. The molecule has 0 saturated carbocycles. The Hall–Kier alpha value is -1.56. The van der Waals surface area contributed by atoms with E-state index in [4.69, 9.17) is 0 Å². The Balaban J connectivity index is 2.75. The molecular weight excluding hydrogens is 408 g/mol. The first-order chi connectivity index (χ1) is 16.7. The maximum absolute atomic E-state index is 2.48. The zero-order valence-electron chi connectivity index (χ0n) is 23.1. The van der Waals surface area contributed by atoms with Gasteiger partial charge in [0, 0.05) is 10.8 Å². The van der Waals surface area contributed by atoms with Gasteiger partial charge in [-0.3, -0.25) is 0 Å². The molecule has 0 aliphatic carbocycles. The zero-order valence-corrected chi connectivity index (χ0v) is 23.1. The maximum atomic E-state index is 2.48. The summed E-state index contributed by atoms with van der Waals surface area (Å²) in [5.41, 5.74) is 3.64. The van der Waals surface area contributed by atoms with Crippen LogP contribution in [-0.2, 0) is 10.8 Å². The van der Waals surface area contributed by atoms with Crippen molar-refractivity contribution in [2.24, 2.45) is 0 Å². The smallest absolute Gasteiger partial charge is 0.00498 e. The summed E-state index contributed by atoms with van der Waals surface area (Å²) in [7, 11) is 0. The van der Waals surface area contributed by atoms with E-state index in [1.165, 1.54) is 103 Å². The third kappa shape index (κ3) is 7.47. The maximum Gasteiger partial charge on any atom is 0.00498 e. The van der Waals surface area contributed by atoms with Gasteiger partial charge in [-0.1, -0.05) is 165 Å². The summed E-state index contributed by atoms with van der Waals surface area (Å²) < 4.78 is 0. The van der Waals surface area contributed by atoms with E-state index in [0.29, 0.717) is 0 Å². The molecule has 0 spiro atoms. The molecule has 0 saturated heterocycles. The second-order valence-corrected chi connectivity index (χ2v) is 10.7. The minimum Gasteiger partial charge on any atom is -0.0654 e. The van der Waals surface area contributed by atoms with Crippen molar-refractivity contribution in [1.29, 1.82) is 0 Å². The Morgan fingerprint density at radius 1 is 0.382 bits per heavy atom. The van der Waals surface area contributed by atoms with Crippen LogP contribution in [0.2, 0.25) is 0 Å². The Bertz CT molecular complexity index is 644. The van der Waals surface area contributed by atoms with E-state index in [1.54, 1.807) is 11.1 Å². The third-order valence-corrected chi connectivity index (χ3v) is 8.40. The number of unbranched alkanes of at least 4 members (excludes halogenated alkanes) is 8. The van der Waals surface area contributed by atoms with Crippen LogP contribution in [0.4, 0.5) is 0 Å². The van der Waals surface area contributed by atoms with Crippen LogP contribution >= 0.6 is 0 Å². The fourth-order valence-corrected chi connectivity index (χ4v) is 6.56. The topological polar surface area (TPSA) is 0 Å². The summed E-state index contributed by atoms with van der Waals surface area (Å²) in [4.78, 5) is 0. The largest absolute Gasteiger partial charge is 0.0654 e. The van der Waals surface area contributed by atoms with E-state index in [-0.39, 0.29) is 10.8 Å². The summed E-state index contributed by atoms with van der Waals surface area (Å²) in [5, 5.41) is 0. The summed E-state index contributed by atoms with van der Waals surface area (Å²) in [6.07, 6.45) is 21.2. The van der Waals surface area contributed by atoms with Gasteiger partial charge in [0.25, 0.3) is 0 Å². The lowest BCUT2D eigenvalue weighted by Gasteiger charge is -2.53. The summed E-state index contributed by atoms with van der Waals surface area (Å²) in [6, 6.07) is 23.6. The highest BCUT2D eigenvalue weighted by Gasteiger charge is 2.51. The van der Waals surface area contributed by atoms with E-state index >= 15 is 0 Å². The normalized spacial score (nSPS) is 12.2. The van der Waals surface area contributed by atoms with Crippen LogP contribution in [0.3, 0.4) is 0 Å². The van der Waals surface area contributed by atoms with Gasteiger partial charge in [0.15, 0.2) is 0 Å². The average molecular weight is 463 g/mol. The quantitative estimate of drug-likeness (QED) is 0.182. The molecule has 0 atom stereocenters. The Labute approximate surface area is 213 Å². The van der Waals surface area contributed by atoms with Gasteiger partial charge in [0.2, 0.25) is 0 Å². The van der Waals surface area contributed by atoms with Crippen LogP contribution in [-0.4, -0.2) is 0 Å². The van der Waals surface area contributed by atoms with E-state index in [2.05, 4.69) is 88.4 Å². The molecule has 0 heteroatoms.